The molecule has 3 aromatic carbocycles. The lowest BCUT2D eigenvalue weighted by molar-refractivity contribution is -0.124. The number of benzene rings is 3. The molecular formula is C23H20ClNO4. The van der Waals surface area contributed by atoms with Crippen LogP contribution in [0.15, 0.2) is 72.8 Å². The lowest BCUT2D eigenvalue weighted by Crippen LogP contribution is -2.31. The van der Waals surface area contributed by atoms with Crippen LogP contribution in [0.3, 0.4) is 0 Å². The topological polar surface area (TPSA) is 75.6 Å². The highest BCUT2D eigenvalue weighted by atomic mass is 35.5. The summed E-state index contributed by atoms with van der Waals surface area (Å²) in [6, 6.07) is 20.5. The van der Waals surface area contributed by atoms with Gasteiger partial charge in [-0.1, -0.05) is 48.0 Å². The van der Waals surface area contributed by atoms with Crippen LogP contribution in [0.4, 0.5) is 0 Å². The molecule has 148 valence electrons. The fourth-order valence-corrected chi connectivity index (χ4v) is 2.91. The van der Waals surface area contributed by atoms with E-state index in [9.17, 15) is 14.7 Å². The van der Waals surface area contributed by atoms with E-state index in [1.165, 1.54) is 0 Å². The molecule has 1 amide bonds. The molecule has 3 rings (SSSR count). The summed E-state index contributed by atoms with van der Waals surface area (Å²) in [5.41, 5.74) is 3.07. The van der Waals surface area contributed by atoms with Gasteiger partial charge in [-0.15, -0.1) is 0 Å². The van der Waals surface area contributed by atoms with Crippen LogP contribution in [-0.2, 0) is 9.53 Å². The van der Waals surface area contributed by atoms with Crippen molar-refractivity contribution in [2.75, 3.05) is 6.61 Å². The second kappa shape index (κ2) is 9.26. The van der Waals surface area contributed by atoms with Crippen LogP contribution < -0.4 is 5.32 Å². The molecule has 0 bridgehead atoms. The number of aromatic hydroxyl groups is 1. The minimum Gasteiger partial charge on any atom is -0.508 e. The third-order valence-corrected chi connectivity index (χ3v) is 4.66. The molecule has 0 aliphatic carbocycles. The standard InChI is InChI=1S/C23H20ClNO4/c1-15(16-6-10-20(24)11-7-16)25-22(27)14-29-23(28)19-4-2-17(3-5-19)18-8-12-21(26)13-9-18/h2-13,15,26H,14H2,1H3,(H,25,27)/t15-/m0/s1. The number of esters is 1. The van der Waals surface area contributed by atoms with Crippen LogP contribution in [0.25, 0.3) is 11.1 Å². The van der Waals surface area contributed by atoms with Gasteiger partial charge in [-0.05, 0) is 60.0 Å². The van der Waals surface area contributed by atoms with Crippen molar-refractivity contribution < 1.29 is 19.4 Å². The summed E-state index contributed by atoms with van der Waals surface area (Å²) in [6.45, 7) is 1.47. The lowest BCUT2D eigenvalue weighted by atomic mass is 10.0. The Morgan fingerprint density at radius 3 is 2.07 bits per heavy atom. The van der Waals surface area contributed by atoms with Crippen LogP contribution in [0, 0.1) is 0 Å². The molecule has 0 aliphatic rings. The SMILES string of the molecule is C[C@H](NC(=O)COC(=O)c1ccc(-c2ccc(O)cc2)cc1)c1ccc(Cl)cc1. The summed E-state index contributed by atoms with van der Waals surface area (Å²) < 4.78 is 5.10. The van der Waals surface area contributed by atoms with Gasteiger partial charge in [0.25, 0.3) is 5.91 Å². The second-order valence-electron chi connectivity index (χ2n) is 6.54. The first-order valence-electron chi connectivity index (χ1n) is 9.04. The zero-order valence-electron chi connectivity index (χ0n) is 15.8. The molecule has 3 aromatic rings. The van der Waals surface area contributed by atoms with Crippen molar-refractivity contribution in [2.45, 2.75) is 13.0 Å². The predicted octanol–water partition coefficient (Wildman–Crippen LogP) is 4.75. The Labute approximate surface area is 173 Å². The van der Waals surface area contributed by atoms with E-state index in [1.807, 2.05) is 19.1 Å². The molecule has 0 heterocycles. The third kappa shape index (κ3) is 5.59. The van der Waals surface area contributed by atoms with Gasteiger partial charge in [0, 0.05) is 5.02 Å². The number of nitrogens with one attached hydrogen (secondary N) is 1. The zero-order valence-corrected chi connectivity index (χ0v) is 16.5. The largest absolute Gasteiger partial charge is 0.508 e. The molecule has 2 N–H and O–H groups in total. The molecule has 0 unspecified atom stereocenters. The molecule has 5 nitrogen and oxygen atoms in total. The number of ether oxygens (including phenoxy) is 1. The van der Waals surface area contributed by atoms with E-state index in [0.717, 1.165) is 16.7 Å². The highest BCUT2D eigenvalue weighted by molar-refractivity contribution is 6.30. The minimum atomic E-state index is -0.573. The number of hydrogen-bond acceptors (Lipinski definition) is 4. The van der Waals surface area contributed by atoms with Crippen molar-refractivity contribution in [2.24, 2.45) is 0 Å². The molecule has 1 atom stereocenters. The number of halogens is 1. The van der Waals surface area contributed by atoms with Gasteiger partial charge in [0.05, 0.1) is 11.6 Å². The smallest absolute Gasteiger partial charge is 0.338 e. The Bertz CT molecular complexity index is 983. The van der Waals surface area contributed by atoms with Crippen LogP contribution >= 0.6 is 11.6 Å². The first kappa shape index (κ1) is 20.4. The van der Waals surface area contributed by atoms with E-state index in [0.29, 0.717) is 10.6 Å². The minimum absolute atomic E-state index is 0.192. The number of rotatable bonds is 6. The van der Waals surface area contributed by atoms with Gasteiger partial charge < -0.3 is 15.2 Å². The van der Waals surface area contributed by atoms with Gasteiger partial charge in [-0.2, -0.15) is 0 Å². The van der Waals surface area contributed by atoms with E-state index in [-0.39, 0.29) is 24.3 Å². The predicted molar refractivity (Wildman–Crippen MR) is 112 cm³/mol. The second-order valence-corrected chi connectivity index (χ2v) is 6.98. The Morgan fingerprint density at radius 2 is 1.48 bits per heavy atom. The molecule has 0 spiro atoms. The van der Waals surface area contributed by atoms with E-state index >= 15 is 0 Å². The maximum Gasteiger partial charge on any atom is 0.338 e. The van der Waals surface area contributed by atoms with Crippen LogP contribution in [0.1, 0.15) is 28.9 Å². The van der Waals surface area contributed by atoms with Gasteiger partial charge in [-0.25, -0.2) is 4.79 Å². The summed E-state index contributed by atoms with van der Waals surface area (Å²) in [5.74, 6) is -0.768. The number of carbonyl (C=O) groups is 2. The third-order valence-electron chi connectivity index (χ3n) is 4.40. The van der Waals surface area contributed by atoms with E-state index in [4.69, 9.17) is 16.3 Å². The summed E-state index contributed by atoms with van der Waals surface area (Å²) in [5, 5.41) is 12.8. The lowest BCUT2D eigenvalue weighted by Gasteiger charge is -2.14. The summed E-state index contributed by atoms with van der Waals surface area (Å²) in [4.78, 5) is 24.2. The first-order valence-corrected chi connectivity index (χ1v) is 9.41. The maximum absolute atomic E-state index is 12.2. The Hall–Kier alpha value is -3.31. The van der Waals surface area contributed by atoms with Gasteiger partial charge in [0.15, 0.2) is 6.61 Å². The van der Waals surface area contributed by atoms with Crippen molar-refractivity contribution in [3.05, 3.63) is 88.9 Å². The number of phenols is 1. The van der Waals surface area contributed by atoms with Crippen LogP contribution in [-0.4, -0.2) is 23.6 Å². The Morgan fingerprint density at radius 1 is 0.931 bits per heavy atom. The quantitative estimate of drug-likeness (QED) is 0.576. The van der Waals surface area contributed by atoms with E-state index in [1.54, 1.807) is 60.7 Å². The highest BCUT2D eigenvalue weighted by Crippen LogP contribution is 2.22. The highest BCUT2D eigenvalue weighted by Gasteiger charge is 2.13. The molecule has 0 fully saturated rings. The number of phenolic OH excluding ortho intramolecular Hbond substituents is 1. The van der Waals surface area contributed by atoms with E-state index < -0.39 is 5.97 Å². The molecular weight excluding hydrogens is 390 g/mol. The number of amides is 1. The van der Waals surface area contributed by atoms with E-state index in [2.05, 4.69) is 5.32 Å². The summed E-state index contributed by atoms with van der Waals surface area (Å²) >= 11 is 5.86. The molecule has 0 saturated carbocycles. The van der Waals surface area contributed by atoms with Gasteiger partial charge in [-0.3, -0.25) is 4.79 Å². The van der Waals surface area contributed by atoms with Crippen molar-refractivity contribution in [1.82, 2.24) is 5.32 Å². The fraction of sp³-hybridized carbons (Fsp3) is 0.130. The fourth-order valence-electron chi connectivity index (χ4n) is 2.79. The van der Waals surface area contributed by atoms with Crippen LogP contribution in [0.5, 0.6) is 5.75 Å². The van der Waals surface area contributed by atoms with Gasteiger partial charge in [0.1, 0.15) is 5.75 Å². The van der Waals surface area contributed by atoms with Crippen molar-refractivity contribution in [3.8, 4) is 16.9 Å². The van der Waals surface area contributed by atoms with Crippen molar-refractivity contribution >= 4 is 23.5 Å². The summed E-state index contributed by atoms with van der Waals surface area (Å²) in [7, 11) is 0. The molecule has 0 radical (unpaired) electrons. The molecule has 29 heavy (non-hydrogen) atoms. The first-order chi connectivity index (χ1) is 13.9. The summed E-state index contributed by atoms with van der Waals surface area (Å²) in [6.07, 6.45) is 0. The molecule has 0 aromatic heterocycles. The van der Waals surface area contributed by atoms with Crippen molar-refractivity contribution in [1.29, 1.82) is 0 Å². The van der Waals surface area contributed by atoms with Crippen LogP contribution in [0.2, 0.25) is 5.02 Å². The normalized spacial score (nSPS) is 11.5. The number of hydrogen-bond donors (Lipinski definition) is 2. The van der Waals surface area contributed by atoms with Gasteiger partial charge >= 0.3 is 5.97 Å². The molecule has 0 aliphatic heterocycles. The average molecular weight is 410 g/mol. The molecule has 0 saturated heterocycles. The molecule has 6 heteroatoms. The Kier molecular flexibility index (Phi) is 6.52. The zero-order chi connectivity index (χ0) is 20.8. The number of carbonyl (C=O) groups excluding carboxylic acids is 2. The Balaban J connectivity index is 1.52. The van der Waals surface area contributed by atoms with Crippen molar-refractivity contribution in [3.63, 3.8) is 0 Å². The van der Waals surface area contributed by atoms with Gasteiger partial charge in [0.2, 0.25) is 0 Å². The maximum atomic E-state index is 12.2. The monoisotopic (exact) mass is 409 g/mol. The average Bonchev–Trinajstić information content (AvgIpc) is 2.73.